The highest BCUT2D eigenvalue weighted by atomic mass is 32.2. The third-order valence-electron chi connectivity index (χ3n) is 6.18. The highest BCUT2D eigenvalue weighted by Crippen LogP contribution is 2.20. The Kier molecular flexibility index (Phi) is 10.8. The Bertz CT molecular complexity index is 1110. The maximum atomic E-state index is 13.5. The average Bonchev–Trinajstić information content (AvgIpc) is 3.31. The summed E-state index contributed by atoms with van der Waals surface area (Å²) in [5, 5.41) is 17.1. The summed E-state index contributed by atoms with van der Waals surface area (Å²) < 4.78 is 0. The number of aromatic amines is 1. The number of carbonyl (C=O) groups excluding carboxylic acids is 4. The first-order valence-electron chi connectivity index (χ1n) is 12.6. The van der Waals surface area contributed by atoms with Crippen LogP contribution in [0.4, 0.5) is 0 Å². The Morgan fingerprint density at radius 3 is 2.57 bits per heavy atom. The third kappa shape index (κ3) is 8.51. The van der Waals surface area contributed by atoms with Crippen LogP contribution in [-0.2, 0) is 25.6 Å². The van der Waals surface area contributed by atoms with Gasteiger partial charge in [-0.05, 0) is 24.5 Å². The standard InChI is InChI=1S/C26H36N6O4S/c1-17(2)37-26(36)22(8-7-19(33)14-27)31-25(35)23(30-16-24(34)32-11-9-28-10-12-32)13-18-15-29-21-6-4-3-5-20(18)21/h3-6,14-15,17,22-23,27-30H,7-13,16H2,1-2H3,(H,31,35)/t22-,23-/m0/s1. The van der Waals surface area contributed by atoms with Crippen molar-refractivity contribution in [1.29, 1.82) is 5.41 Å². The van der Waals surface area contributed by atoms with E-state index in [1.54, 1.807) is 4.90 Å². The van der Waals surface area contributed by atoms with Crippen LogP contribution in [0.25, 0.3) is 10.9 Å². The van der Waals surface area contributed by atoms with E-state index in [2.05, 4.69) is 20.9 Å². The number of fused-ring (bicyclic) bond motifs is 1. The van der Waals surface area contributed by atoms with Gasteiger partial charge in [-0.3, -0.25) is 24.5 Å². The molecule has 11 heteroatoms. The van der Waals surface area contributed by atoms with Crippen molar-refractivity contribution in [1.82, 2.24) is 25.8 Å². The van der Waals surface area contributed by atoms with Crippen molar-refractivity contribution < 1.29 is 19.2 Å². The summed E-state index contributed by atoms with van der Waals surface area (Å²) in [4.78, 5) is 55.8. The lowest BCUT2D eigenvalue weighted by Gasteiger charge is -2.28. The quantitative estimate of drug-likeness (QED) is 0.246. The Hall–Kier alpha value is -3.02. The van der Waals surface area contributed by atoms with Gasteiger partial charge in [0.25, 0.3) is 0 Å². The third-order valence-corrected chi connectivity index (χ3v) is 7.17. The molecule has 1 saturated heterocycles. The van der Waals surface area contributed by atoms with Crippen LogP contribution in [0, 0.1) is 5.41 Å². The van der Waals surface area contributed by atoms with Gasteiger partial charge < -0.3 is 25.9 Å². The van der Waals surface area contributed by atoms with Gasteiger partial charge in [0.15, 0.2) is 5.78 Å². The van der Waals surface area contributed by atoms with Gasteiger partial charge in [-0.15, -0.1) is 0 Å². The highest BCUT2D eigenvalue weighted by molar-refractivity contribution is 8.14. The number of para-hydroxylation sites is 1. The number of amides is 2. The number of nitrogens with zero attached hydrogens (tertiary/aromatic N) is 1. The molecule has 37 heavy (non-hydrogen) atoms. The Morgan fingerprint density at radius 2 is 1.86 bits per heavy atom. The minimum absolute atomic E-state index is 0.00785. The van der Waals surface area contributed by atoms with E-state index in [9.17, 15) is 19.2 Å². The SMILES string of the molecule is CC(C)SC(=O)[C@H](CCC(=O)C=N)NC(=O)[C@H](Cc1c[nH]c2ccccc12)NCC(=O)N1CCNCC1. The summed E-state index contributed by atoms with van der Waals surface area (Å²) in [6.45, 7) is 6.45. The molecular formula is C26H36N6O4S. The minimum Gasteiger partial charge on any atom is -0.361 e. The Balaban J connectivity index is 1.77. The molecule has 10 nitrogen and oxygen atoms in total. The maximum Gasteiger partial charge on any atom is 0.238 e. The molecule has 0 spiro atoms. The zero-order valence-electron chi connectivity index (χ0n) is 21.3. The fourth-order valence-corrected chi connectivity index (χ4v) is 5.01. The molecule has 0 unspecified atom stereocenters. The van der Waals surface area contributed by atoms with Crippen molar-refractivity contribution in [3.8, 4) is 0 Å². The number of hydrogen-bond acceptors (Lipinski definition) is 8. The smallest absolute Gasteiger partial charge is 0.238 e. The molecule has 3 rings (SSSR count). The summed E-state index contributed by atoms with van der Waals surface area (Å²) in [6, 6.07) is 6.12. The van der Waals surface area contributed by atoms with Crippen molar-refractivity contribution >= 4 is 51.6 Å². The lowest BCUT2D eigenvalue weighted by atomic mass is 10.0. The number of Topliss-reactive ketones (excluding diaryl/α,β-unsaturated/α-hetero) is 1. The summed E-state index contributed by atoms with van der Waals surface area (Å²) >= 11 is 1.11. The number of thioether (sulfide) groups is 1. The summed E-state index contributed by atoms with van der Waals surface area (Å²) in [7, 11) is 0. The number of ketones is 1. The van der Waals surface area contributed by atoms with Crippen LogP contribution in [0.5, 0.6) is 0 Å². The number of benzene rings is 1. The second-order valence-corrected chi connectivity index (χ2v) is 10.9. The monoisotopic (exact) mass is 528 g/mol. The molecule has 0 radical (unpaired) electrons. The largest absolute Gasteiger partial charge is 0.361 e. The Morgan fingerprint density at radius 1 is 1.14 bits per heavy atom. The zero-order valence-corrected chi connectivity index (χ0v) is 22.2. The van der Waals surface area contributed by atoms with Gasteiger partial charge >= 0.3 is 0 Å². The maximum absolute atomic E-state index is 13.5. The molecule has 2 aromatic rings. The predicted molar refractivity (Wildman–Crippen MR) is 146 cm³/mol. The second kappa shape index (κ2) is 14.1. The van der Waals surface area contributed by atoms with E-state index in [-0.39, 0.29) is 35.7 Å². The number of H-pyrrole nitrogens is 1. The molecule has 2 atom stereocenters. The molecule has 1 aliphatic heterocycles. The zero-order chi connectivity index (χ0) is 26.8. The topological polar surface area (TPSA) is 147 Å². The van der Waals surface area contributed by atoms with Crippen LogP contribution in [-0.4, -0.2) is 88.9 Å². The number of piperazine rings is 1. The Labute approximate surface area is 221 Å². The van der Waals surface area contributed by atoms with E-state index < -0.39 is 23.8 Å². The minimum atomic E-state index is -0.875. The molecule has 2 heterocycles. The summed E-state index contributed by atoms with van der Waals surface area (Å²) in [5.41, 5.74) is 1.86. The van der Waals surface area contributed by atoms with Crippen molar-refractivity contribution in [2.24, 2.45) is 0 Å². The fourth-order valence-electron chi connectivity index (χ4n) is 4.21. The molecule has 1 fully saturated rings. The number of hydrogen-bond donors (Lipinski definition) is 5. The molecule has 2 amide bonds. The highest BCUT2D eigenvalue weighted by Gasteiger charge is 2.28. The van der Waals surface area contributed by atoms with E-state index in [0.717, 1.165) is 47.5 Å². The van der Waals surface area contributed by atoms with Crippen molar-refractivity contribution in [2.45, 2.75) is 50.4 Å². The van der Waals surface area contributed by atoms with Gasteiger partial charge in [0.1, 0.15) is 0 Å². The van der Waals surface area contributed by atoms with Crippen LogP contribution >= 0.6 is 11.8 Å². The molecule has 0 saturated carbocycles. The first kappa shape index (κ1) is 28.5. The molecule has 1 aromatic carbocycles. The number of rotatable bonds is 13. The molecule has 0 aliphatic carbocycles. The van der Waals surface area contributed by atoms with Crippen molar-refractivity contribution in [3.05, 3.63) is 36.0 Å². The average molecular weight is 529 g/mol. The van der Waals surface area contributed by atoms with Crippen LogP contribution in [0.3, 0.4) is 0 Å². The first-order chi connectivity index (χ1) is 17.8. The van der Waals surface area contributed by atoms with Crippen LogP contribution < -0.4 is 16.0 Å². The summed E-state index contributed by atoms with van der Waals surface area (Å²) in [5.74, 6) is -0.905. The van der Waals surface area contributed by atoms with Gasteiger partial charge in [0, 0.05) is 54.9 Å². The van der Waals surface area contributed by atoms with E-state index in [0.29, 0.717) is 19.5 Å². The lowest BCUT2D eigenvalue weighted by molar-refractivity contribution is -0.131. The molecule has 1 aliphatic rings. The number of aromatic nitrogens is 1. The lowest BCUT2D eigenvalue weighted by Crippen LogP contribution is -2.54. The summed E-state index contributed by atoms with van der Waals surface area (Å²) in [6.07, 6.45) is 2.98. The van der Waals surface area contributed by atoms with Crippen LogP contribution in [0.15, 0.2) is 30.5 Å². The first-order valence-corrected chi connectivity index (χ1v) is 13.5. The van der Waals surface area contributed by atoms with Gasteiger partial charge in [0.2, 0.25) is 16.9 Å². The van der Waals surface area contributed by atoms with Crippen LogP contribution in [0.1, 0.15) is 32.3 Å². The normalized spacial score (nSPS) is 15.4. The van der Waals surface area contributed by atoms with E-state index in [1.165, 1.54) is 0 Å². The van der Waals surface area contributed by atoms with Gasteiger partial charge in [-0.1, -0.05) is 43.8 Å². The molecular weight excluding hydrogens is 492 g/mol. The van der Waals surface area contributed by atoms with Crippen LogP contribution in [0.2, 0.25) is 0 Å². The molecule has 0 bridgehead atoms. The van der Waals surface area contributed by atoms with E-state index in [4.69, 9.17) is 5.41 Å². The van der Waals surface area contributed by atoms with E-state index >= 15 is 0 Å². The number of nitrogens with one attached hydrogen (secondary N) is 5. The molecule has 1 aromatic heterocycles. The van der Waals surface area contributed by atoms with Crippen molar-refractivity contribution in [3.63, 3.8) is 0 Å². The second-order valence-electron chi connectivity index (χ2n) is 9.32. The predicted octanol–water partition coefficient (Wildman–Crippen LogP) is 1.25. The van der Waals surface area contributed by atoms with Gasteiger partial charge in [-0.25, -0.2) is 0 Å². The molecule has 5 N–H and O–H groups in total. The van der Waals surface area contributed by atoms with Gasteiger partial charge in [-0.2, -0.15) is 0 Å². The number of carbonyl (C=O) groups is 4. The van der Waals surface area contributed by atoms with E-state index in [1.807, 2.05) is 44.3 Å². The fraction of sp³-hybridized carbons (Fsp3) is 0.500. The molecule has 200 valence electrons. The van der Waals surface area contributed by atoms with Crippen molar-refractivity contribution in [2.75, 3.05) is 32.7 Å². The van der Waals surface area contributed by atoms with Gasteiger partial charge in [0.05, 0.1) is 24.8 Å².